The molecule has 1 heterocycles. The van der Waals surface area contributed by atoms with Gasteiger partial charge in [0.25, 0.3) is 5.91 Å². The molecule has 1 amide bonds. The Balaban J connectivity index is 0.00000225. The van der Waals surface area contributed by atoms with Gasteiger partial charge in [0.2, 0.25) is 0 Å². The van der Waals surface area contributed by atoms with E-state index < -0.39 is 5.82 Å². The minimum atomic E-state index is -0.581. The molecule has 2 N–H and O–H groups in total. The Kier molecular flexibility index (Phi) is 7.05. The van der Waals surface area contributed by atoms with Crippen LogP contribution in [0, 0.1) is 5.82 Å². The number of benzene rings is 2. The zero-order chi connectivity index (χ0) is 16.9. The van der Waals surface area contributed by atoms with Crippen LogP contribution in [0.2, 0.25) is 5.02 Å². The summed E-state index contributed by atoms with van der Waals surface area (Å²) in [4.78, 5) is 12.2. The van der Waals surface area contributed by atoms with Crippen molar-refractivity contribution in [2.75, 3.05) is 13.1 Å². The highest BCUT2D eigenvalue weighted by Gasteiger charge is 2.17. The van der Waals surface area contributed by atoms with Crippen molar-refractivity contribution in [3.8, 4) is 11.5 Å². The number of hydrogen-bond acceptors (Lipinski definition) is 3. The first-order chi connectivity index (χ1) is 11.6. The van der Waals surface area contributed by atoms with Gasteiger partial charge in [0.05, 0.1) is 0 Å². The van der Waals surface area contributed by atoms with Gasteiger partial charge >= 0.3 is 0 Å². The summed E-state index contributed by atoms with van der Waals surface area (Å²) in [6.45, 7) is 1.76. The van der Waals surface area contributed by atoms with Crippen molar-refractivity contribution in [2.24, 2.45) is 0 Å². The van der Waals surface area contributed by atoms with Gasteiger partial charge in [-0.15, -0.1) is 12.4 Å². The Bertz CT molecular complexity index is 720. The summed E-state index contributed by atoms with van der Waals surface area (Å²) in [7, 11) is 0. The van der Waals surface area contributed by atoms with Crippen molar-refractivity contribution in [3.05, 3.63) is 58.9 Å². The molecule has 0 saturated carbocycles. The van der Waals surface area contributed by atoms with E-state index in [1.54, 1.807) is 30.3 Å². The van der Waals surface area contributed by atoms with Crippen LogP contribution in [0.5, 0.6) is 11.5 Å². The number of carbonyl (C=O) groups is 1. The van der Waals surface area contributed by atoms with Gasteiger partial charge in [-0.05, 0) is 68.4 Å². The molecule has 0 unspecified atom stereocenters. The summed E-state index contributed by atoms with van der Waals surface area (Å²) < 4.78 is 19.7. The van der Waals surface area contributed by atoms with Gasteiger partial charge in [-0.3, -0.25) is 4.79 Å². The van der Waals surface area contributed by atoms with E-state index in [0.29, 0.717) is 10.8 Å². The van der Waals surface area contributed by atoms with Gasteiger partial charge in [-0.2, -0.15) is 0 Å². The van der Waals surface area contributed by atoms with E-state index in [-0.39, 0.29) is 35.7 Å². The van der Waals surface area contributed by atoms with Crippen LogP contribution in [0.15, 0.2) is 42.5 Å². The Morgan fingerprint density at radius 1 is 1.16 bits per heavy atom. The van der Waals surface area contributed by atoms with E-state index in [0.717, 1.165) is 25.9 Å². The number of ether oxygens (including phenoxy) is 1. The van der Waals surface area contributed by atoms with E-state index in [2.05, 4.69) is 10.6 Å². The number of halogens is 3. The molecule has 3 rings (SSSR count). The number of rotatable bonds is 4. The van der Waals surface area contributed by atoms with Gasteiger partial charge in [0.15, 0.2) is 11.6 Å². The number of piperidine rings is 1. The molecule has 1 fully saturated rings. The SMILES string of the molecule is Cl.O=C(NC1CCNCC1)c1ccc(Oc2ccc(Cl)cc2)c(F)c1. The Morgan fingerprint density at radius 2 is 1.84 bits per heavy atom. The Hall–Kier alpha value is -1.82. The second-order valence-corrected chi connectivity index (χ2v) is 6.14. The zero-order valence-corrected chi connectivity index (χ0v) is 15.0. The zero-order valence-electron chi connectivity index (χ0n) is 13.4. The van der Waals surface area contributed by atoms with E-state index in [4.69, 9.17) is 16.3 Å². The lowest BCUT2D eigenvalue weighted by Crippen LogP contribution is -2.42. The summed E-state index contributed by atoms with van der Waals surface area (Å²) in [5.41, 5.74) is 0.287. The molecule has 0 radical (unpaired) electrons. The summed E-state index contributed by atoms with van der Waals surface area (Å²) in [5.74, 6) is -0.303. The molecule has 25 heavy (non-hydrogen) atoms. The van der Waals surface area contributed by atoms with E-state index >= 15 is 0 Å². The normalized spacial score (nSPS) is 14.5. The number of carbonyl (C=O) groups excluding carboxylic acids is 1. The van der Waals surface area contributed by atoms with Crippen LogP contribution in [0.1, 0.15) is 23.2 Å². The van der Waals surface area contributed by atoms with Crippen LogP contribution in [-0.2, 0) is 0 Å². The van der Waals surface area contributed by atoms with Crippen LogP contribution in [0.4, 0.5) is 4.39 Å². The van der Waals surface area contributed by atoms with Crippen LogP contribution in [-0.4, -0.2) is 25.0 Å². The van der Waals surface area contributed by atoms with Crippen LogP contribution in [0.3, 0.4) is 0 Å². The molecule has 1 aliphatic rings. The van der Waals surface area contributed by atoms with Gasteiger partial charge < -0.3 is 15.4 Å². The van der Waals surface area contributed by atoms with Crippen molar-refractivity contribution in [1.29, 1.82) is 0 Å². The highest BCUT2D eigenvalue weighted by atomic mass is 35.5. The molecular weight excluding hydrogens is 366 g/mol. The molecule has 2 aromatic carbocycles. The molecule has 1 saturated heterocycles. The summed E-state index contributed by atoms with van der Waals surface area (Å²) in [6.07, 6.45) is 1.76. The minimum absolute atomic E-state index is 0. The summed E-state index contributed by atoms with van der Waals surface area (Å²) in [5, 5.41) is 6.75. The quantitative estimate of drug-likeness (QED) is 0.831. The molecule has 0 bridgehead atoms. The molecule has 0 atom stereocenters. The maximum absolute atomic E-state index is 14.2. The van der Waals surface area contributed by atoms with E-state index in [9.17, 15) is 9.18 Å². The lowest BCUT2D eigenvalue weighted by Gasteiger charge is -2.23. The maximum atomic E-state index is 14.2. The molecule has 0 aliphatic carbocycles. The summed E-state index contributed by atoms with van der Waals surface area (Å²) >= 11 is 5.80. The predicted molar refractivity (Wildman–Crippen MR) is 98.5 cm³/mol. The minimum Gasteiger partial charge on any atom is -0.454 e. The topological polar surface area (TPSA) is 50.4 Å². The first-order valence-electron chi connectivity index (χ1n) is 7.86. The average Bonchev–Trinajstić information content (AvgIpc) is 2.59. The Morgan fingerprint density at radius 3 is 2.48 bits per heavy atom. The fourth-order valence-corrected chi connectivity index (χ4v) is 2.72. The largest absolute Gasteiger partial charge is 0.454 e. The lowest BCUT2D eigenvalue weighted by atomic mass is 10.1. The molecule has 0 spiro atoms. The fraction of sp³-hybridized carbons (Fsp3) is 0.278. The second kappa shape index (κ2) is 9.04. The number of nitrogens with one attached hydrogen (secondary N) is 2. The van der Waals surface area contributed by atoms with E-state index in [1.807, 2.05) is 0 Å². The first kappa shape index (κ1) is 19.5. The Labute approximate surface area is 157 Å². The average molecular weight is 385 g/mol. The molecule has 0 aromatic heterocycles. The van der Waals surface area contributed by atoms with Crippen molar-refractivity contribution in [2.45, 2.75) is 18.9 Å². The maximum Gasteiger partial charge on any atom is 0.251 e. The van der Waals surface area contributed by atoms with Crippen molar-refractivity contribution >= 4 is 29.9 Å². The van der Waals surface area contributed by atoms with E-state index in [1.165, 1.54) is 12.1 Å². The number of hydrogen-bond donors (Lipinski definition) is 2. The van der Waals surface area contributed by atoms with Gasteiger partial charge in [-0.1, -0.05) is 11.6 Å². The van der Waals surface area contributed by atoms with Gasteiger partial charge in [0, 0.05) is 16.6 Å². The van der Waals surface area contributed by atoms with Gasteiger partial charge in [0.1, 0.15) is 5.75 Å². The second-order valence-electron chi connectivity index (χ2n) is 5.70. The predicted octanol–water partition coefficient (Wildman–Crippen LogP) is 4.18. The third-order valence-electron chi connectivity index (χ3n) is 3.91. The van der Waals surface area contributed by atoms with Crippen molar-refractivity contribution in [1.82, 2.24) is 10.6 Å². The third kappa shape index (κ3) is 5.33. The molecule has 134 valence electrons. The van der Waals surface area contributed by atoms with Crippen LogP contribution >= 0.6 is 24.0 Å². The third-order valence-corrected chi connectivity index (χ3v) is 4.16. The highest BCUT2D eigenvalue weighted by Crippen LogP contribution is 2.26. The first-order valence-corrected chi connectivity index (χ1v) is 8.24. The standard InChI is InChI=1S/C18H18ClFN2O2.ClH/c19-13-2-4-15(5-3-13)24-17-6-1-12(11-16(17)20)18(23)22-14-7-9-21-10-8-14;/h1-6,11,14,21H,7-10H2,(H,22,23);1H. The van der Waals surface area contributed by atoms with Gasteiger partial charge in [-0.25, -0.2) is 4.39 Å². The molecule has 7 heteroatoms. The number of amides is 1. The van der Waals surface area contributed by atoms with Crippen LogP contribution < -0.4 is 15.4 Å². The monoisotopic (exact) mass is 384 g/mol. The molecular formula is C18H19Cl2FN2O2. The summed E-state index contributed by atoms with van der Waals surface area (Å²) in [6, 6.07) is 11.0. The molecule has 2 aromatic rings. The lowest BCUT2D eigenvalue weighted by molar-refractivity contribution is 0.0929. The molecule has 4 nitrogen and oxygen atoms in total. The smallest absolute Gasteiger partial charge is 0.251 e. The van der Waals surface area contributed by atoms with Crippen LogP contribution in [0.25, 0.3) is 0 Å². The fourth-order valence-electron chi connectivity index (χ4n) is 2.59. The van der Waals surface area contributed by atoms with Crippen molar-refractivity contribution in [3.63, 3.8) is 0 Å². The molecule has 1 aliphatic heterocycles. The highest BCUT2D eigenvalue weighted by molar-refractivity contribution is 6.30. The van der Waals surface area contributed by atoms with Crippen molar-refractivity contribution < 1.29 is 13.9 Å².